The first-order chi connectivity index (χ1) is 12.3. The molecule has 26 heavy (non-hydrogen) atoms. The van der Waals surface area contributed by atoms with Gasteiger partial charge >= 0.3 is 0 Å². The molecule has 2 rings (SSSR count). The van der Waals surface area contributed by atoms with Crippen LogP contribution in [0.25, 0.3) is 0 Å². The van der Waals surface area contributed by atoms with E-state index in [4.69, 9.17) is 9.47 Å². The Bertz CT molecular complexity index is 510. The minimum absolute atomic E-state index is 0. The van der Waals surface area contributed by atoms with Gasteiger partial charge in [0.2, 0.25) is 0 Å². The minimum Gasteiger partial charge on any atom is -0.494 e. The van der Waals surface area contributed by atoms with Crippen molar-refractivity contribution >= 4 is 29.9 Å². The zero-order valence-electron chi connectivity index (χ0n) is 15.5. The van der Waals surface area contributed by atoms with Gasteiger partial charge in [0.05, 0.1) is 6.61 Å². The van der Waals surface area contributed by atoms with Crippen LogP contribution in [0.3, 0.4) is 0 Å². The van der Waals surface area contributed by atoms with Crippen molar-refractivity contribution in [1.82, 2.24) is 10.6 Å². The summed E-state index contributed by atoms with van der Waals surface area (Å²) < 4.78 is 24.0. The number of ether oxygens (including phenoxy) is 2. The van der Waals surface area contributed by atoms with Gasteiger partial charge in [-0.15, -0.1) is 24.0 Å². The number of hydrogen-bond acceptors (Lipinski definition) is 3. The monoisotopic (exact) mass is 479 g/mol. The number of guanidine groups is 1. The highest BCUT2D eigenvalue weighted by Gasteiger charge is 2.20. The highest BCUT2D eigenvalue weighted by Crippen LogP contribution is 2.28. The quantitative estimate of drug-likeness (QED) is 0.208. The van der Waals surface area contributed by atoms with Gasteiger partial charge in [0.25, 0.3) is 0 Å². The Kier molecular flexibility index (Phi) is 12.4. The van der Waals surface area contributed by atoms with Gasteiger partial charge in [0.1, 0.15) is 11.6 Å². The predicted molar refractivity (Wildman–Crippen MR) is 114 cm³/mol. The maximum absolute atomic E-state index is 12.8. The molecular formula is C19H31FIN3O2. The molecule has 5 nitrogen and oxygen atoms in total. The highest BCUT2D eigenvalue weighted by molar-refractivity contribution is 14.0. The van der Waals surface area contributed by atoms with E-state index in [-0.39, 0.29) is 29.8 Å². The molecule has 0 aromatic heterocycles. The Morgan fingerprint density at radius 1 is 1.08 bits per heavy atom. The Balaban J connectivity index is 0.00000338. The third kappa shape index (κ3) is 10.8. The molecule has 0 saturated heterocycles. The molecule has 0 unspecified atom stereocenters. The van der Waals surface area contributed by atoms with Gasteiger partial charge in [0, 0.05) is 33.4 Å². The van der Waals surface area contributed by atoms with Crippen LogP contribution in [-0.4, -0.2) is 45.9 Å². The van der Waals surface area contributed by atoms with E-state index in [0.717, 1.165) is 57.4 Å². The third-order valence-electron chi connectivity index (χ3n) is 3.98. The summed E-state index contributed by atoms with van der Waals surface area (Å²) in [5, 5.41) is 6.57. The molecule has 0 amide bonds. The van der Waals surface area contributed by atoms with Crippen LogP contribution in [0.4, 0.5) is 4.39 Å². The average molecular weight is 479 g/mol. The van der Waals surface area contributed by atoms with Gasteiger partial charge in [-0.25, -0.2) is 4.39 Å². The fraction of sp³-hybridized carbons (Fsp3) is 0.632. The summed E-state index contributed by atoms with van der Waals surface area (Å²) in [5.74, 6) is 2.11. The number of halogens is 2. The topological polar surface area (TPSA) is 54.9 Å². The van der Waals surface area contributed by atoms with E-state index in [1.54, 1.807) is 19.2 Å². The van der Waals surface area contributed by atoms with Crippen LogP contribution >= 0.6 is 24.0 Å². The summed E-state index contributed by atoms with van der Waals surface area (Å²) in [6, 6.07) is 6.11. The van der Waals surface area contributed by atoms with E-state index >= 15 is 0 Å². The van der Waals surface area contributed by atoms with Crippen LogP contribution in [0.1, 0.15) is 32.1 Å². The molecule has 7 heteroatoms. The van der Waals surface area contributed by atoms with Gasteiger partial charge in [-0.3, -0.25) is 4.99 Å². The van der Waals surface area contributed by atoms with Crippen molar-refractivity contribution in [2.24, 2.45) is 10.9 Å². The molecule has 1 saturated carbocycles. The standard InChI is InChI=1S/C19H30FN3O2.HI/c1-21-19(23-12-4-13-24-15-16-5-6-16)22-11-2-3-14-25-18-9-7-17(20)8-10-18;/h7-10,16H,2-6,11-15H2,1H3,(H2,21,22,23);1H. The molecule has 0 aliphatic heterocycles. The second-order valence-electron chi connectivity index (χ2n) is 6.31. The molecule has 0 heterocycles. The maximum atomic E-state index is 12.8. The second kappa shape index (κ2) is 14.0. The molecule has 0 radical (unpaired) electrons. The summed E-state index contributed by atoms with van der Waals surface area (Å²) in [6.45, 7) is 4.05. The zero-order valence-corrected chi connectivity index (χ0v) is 17.8. The van der Waals surface area contributed by atoms with E-state index in [9.17, 15) is 4.39 Å². The van der Waals surface area contributed by atoms with Crippen LogP contribution in [-0.2, 0) is 4.74 Å². The second-order valence-corrected chi connectivity index (χ2v) is 6.31. The summed E-state index contributed by atoms with van der Waals surface area (Å²) in [5.41, 5.74) is 0. The van der Waals surface area contributed by atoms with E-state index < -0.39 is 0 Å². The average Bonchev–Trinajstić information content (AvgIpc) is 3.45. The predicted octanol–water partition coefficient (Wildman–Crippen LogP) is 3.58. The molecule has 0 spiro atoms. The summed E-state index contributed by atoms with van der Waals surface area (Å²) in [4.78, 5) is 4.20. The SMILES string of the molecule is CN=C(NCCCCOc1ccc(F)cc1)NCCCOCC1CC1.I. The van der Waals surface area contributed by atoms with Crippen LogP contribution < -0.4 is 15.4 Å². The molecule has 0 bridgehead atoms. The number of unbranched alkanes of at least 4 members (excludes halogenated alkanes) is 1. The maximum Gasteiger partial charge on any atom is 0.190 e. The summed E-state index contributed by atoms with van der Waals surface area (Å²) in [6.07, 6.45) is 5.56. The number of benzene rings is 1. The van der Waals surface area contributed by atoms with Crippen LogP contribution in [0, 0.1) is 11.7 Å². The van der Waals surface area contributed by atoms with E-state index in [2.05, 4.69) is 15.6 Å². The number of aliphatic imine (C=N–C) groups is 1. The molecule has 2 N–H and O–H groups in total. The van der Waals surface area contributed by atoms with Gasteiger partial charge in [0.15, 0.2) is 5.96 Å². The minimum atomic E-state index is -0.245. The Hall–Kier alpha value is -1.09. The normalized spacial score (nSPS) is 13.8. The van der Waals surface area contributed by atoms with Crippen molar-refractivity contribution in [3.63, 3.8) is 0 Å². The summed E-state index contributed by atoms with van der Waals surface area (Å²) in [7, 11) is 1.77. The van der Waals surface area contributed by atoms with Gasteiger partial charge < -0.3 is 20.1 Å². The Morgan fingerprint density at radius 2 is 1.77 bits per heavy atom. The smallest absolute Gasteiger partial charge is 0.190 e. The van der Waals surface area contributed by atoms with Crippen molar-refractivity contribution in [3.05, 3.63) is 30.1 Å². The number of nitrogens with zero attached hydrogens (tertiary/aromatic N) is 1. The van der Waals surface area contributed by atoms with Crippen LogP contribution in [0.5, 0.6) is 5.75 Å². The zero-order chi connectivity index (χ0) is 17.7. The Labute approximate surface area is 173 Å². The van der Waals surface area contributed by atoms with Gasteiger partial charge in [-0.1, -0.05) is 0 Å². The lowest BCUT2D eigenvalue weighted by Crippen LogP contribution is -2.38. The van der Waals surface area contributed by atoms with Crippen molar-refractivity contribution in [1.29, 1.82) is 0 Å². The van der Waals surface area contributed by atoms with E-state index in [1.165, 1.54) is 25.0 Å². The molecule has 1 aromatic carbocycles. The van der Waals surface area contributed by atoms with Gasteiger partial charge in [-0.2, -0.15) is 0 Å². The van der Waals surface area contributed by atoms with Crippen LogP contribution in [0.2, 0.25) is 0 Å². The Morgan fingerprint density at radius 3 is 2.42 bits per heavy atom. The first kappa shape index (κ1) is 23.0. The number of rotatable bonds is 12. The number of hydrogen-bond donors (Lipinski definition) is 2. The molecule has 1 aliphatic carbocycles. The van der Waals surface area contributed by atoms with Crippen LogP contribution in [0.15, 0.2) is 29.3 Å². The lowest BCUT2D eigenvalue weighted by Gasteiger charge is -2.12. The first-order valence-electron chi connectivity index (χ1n) is 9.18. The van der Waals surface area contributed by atoms with Crippen molar-refractivity contribution < 1.29 is 13.9 Å². The molecule has 1 aliphatic rings. The molecule has 148 valence electrons. The molecular weight excluding hydrogens is 448 g/mol. The lowest BCUT2D eigenvalue weighted by molar-refractivity contribution is 0.123. The largest absolute Gasteiger partial charge is 0.494 e. The van der Waals surface area contributed by atoms with Gasteiger partial charge in [-0.05, 0) is 62.3 Å². The fourth-order valence-corrected chi connectivity index (χ4v) is 2.29. The van der Waals surface area contributed by atoms with E-state index in [1.807, 2.05) is 0 Å². The third-order valence-corrected chi connectivity index (χ3v) is 3.98. The van der Waals surface area contributed by atoms with E-state index in [0.29, 0.717) is 12.4 Å². The van der Waals surface area contributed by atoms with Crippen molar-refractivity contribution in [2.45, 2.75) is 32.1 Å². The van der Waals surface area contributed by atoms with Crippen molar-refractivity contribution in [2.75, 3.05) is 40.0 Å². The number of nitrogens with one attached hydrogen (secondary N) is 2. The van der Waals surface area contributed by atoms with Crippen molar-refractivity contribution in [3.8, 4) is 5.75 Å². The first-order valence-corrected chi connectivity index (χ1v) is 9.18. The molecule has 1 fully saturated rings. The highest BCUT2D eigenvalue weighted by atomic mass is 127. The summed E-state index contributed by atoms with van der Waals surface area (Å²) >= 11 is 0. The molecule has 1 aromatic rings. The fourth-order valence-electron chi connectivity index (χ4n) is 2.29. The lowest BCUT2D eigenvalue weighted by atomic mass is 10.3. The molecule has 0 atom stereocenters.